The maximum absolute atomic E-state index is 12.5. The van der Waals surface area contributed by atoms with E-state index in [4.69, 9.17) is 5.11 Å². The Morgan fingerprint density at radius 1 is 1.14 bits per heavy atom. The molecule has 2 N–H and O–H groups in total. The van der Waals surface area contributed by atoms with E-state index in [1.54, 1.807) is 11.8 Å². The summed E-state index contributed by atoms with van der Waals surface area (Å²) >= 11 is 1.73. The minimum Gasteiger partial charge on any atom is -0.481 e. The van der Waals surface area contributed by atoms with Crippen molar-refractivity contribution in [3.63, 3.8) is 0 Å². The fourth-order valence-corrected chi connectivity index (χ4v) is 4.40. The summed E-state index contributed by atoms with van der Waals surface area (Å²) in [6.07, 6.45) is 2.86. The van der Waals surface area contributed by atoms with Crippen LogP contribution in [0.25, 0.3) is 0 Å². The molecule has 1 aromatic carbocycles. The SMILES string of the molecule is O=C(O)C1CCC(NC(=O)[C@H]2CSc3ccccc32)CC1. The number of carboxylic acids is 1. The number of nitrogens with one attached hydrogen (secondary N) is 1. The lowest BCUT2D eigenvalue weighted by Gasteiger charge is -2.27. The van der Waals surface area contributed by atoms with Crippen molar-refractivity contribution in [3.8, 4) is 0 Å². The number of carbonyl (C=O) groups excluding carboxylic acids is 1. The molecule has 1 heterocycles. The van der Waals surface area contributed by atoms with Gasteiger partial charge in [0.25, 0.3) is 0 Å². The van der Waals surface area contributed by atoms with Gasteiger partial charge in [0.05, 0.1) is 11.8 Å². The first kappa shape index (κ1) is 14.4. The average molecular weight is 305 g/mol. The van der Waals surface area contributed by atoms with Crippen LogP contribution in [0.15, 0.2) is 29.2 Å². The van der Waals surface area contributed by atoms with Crippen LogP contribution in [0.2, 0.25) is 0 Å². The molecule has 0 saturated heterocycles. The Hall–Kier alpha value is -1.49. The molecule has 0 radical (unpaired) electrons. The molecule has 1 aromatic rings. The molecule has 1 fully saturated rings. The predicted octanol–water partition coefficient (Wildman–Crippen LogP) is 2.64. The van der Waals surface area contributed by atoms with Crippen LogP contribution in [-0.4, -0.2) is 28.8 Å². The Bertz CT molecular complexity index is 552. The highest BCUT2D eigenvalue weighted by atomic mass is 32.2. The third kappa shape index (κ3) is 3.07. The molecule has 1 amide bonds. The second-order valence-corrected chi connectivity index (χ2v) is 6.86. The Kier molecular flexibility index (Phi) is 4.19. The summed E-state index contributed by atoms with van der Waals surface area (Å²) in [6.45, 7) is 0. The van der Waals surface area contributed by atoms with Gasteiger partial charge < -0.3 is 10.4 Å². The summed E-state index contributed by atoms with van der Waals surface area (Å²) in [6, 6.07) is 8.19. The molecule has 4 nitrogen and oxygen atoms in total. The van der Waals surface area contributed by atoms with Gasteiger partial charge in [0.1, 0.15) is 0 Å². The number of benzene rings is 1. The van der Waals surface area contributed by atoms with Crippen LogP contribution in [0.5, 0.6) is 0 Å². The van der Waals surface area contributed by atoms with E-state index in [9.17, 15) is 9.59 Å². The summed E-state index contributed by atoms with van der Waals surface area (Å²) in [5, 5.41) is 12.1. The molecule has 1 aliphatic carbocycles. The van der Waals surface area contributed by atoms with E-state index in [-0.39, 0.29) is 23.8 Å². The Morgan fingerprint density at radius 2 is 1.86 bits per heavy atom. The fourth-order valence-electron chi connectivity index (χ4n) is 3.17. The smallest absolute Gasteiger partial charge is 0.306 e. The Morgan fingerprint density at radius 3 is 2.57 bits per heavy atom. The summed E-state index contributed by atoms with van der Waals surface area (Å²) in [4.78, 5) is 24.6. The summed E-state index contributed by atoms with van der Waals surface area (Å²) in [7, 11) is 0. The summed E-state index contributed by atoms with van der Waals surface area (Å²) < 4.78 is 0. The number of fused-ring (bicyclic) bond motifs is 1. The molecular formula is C16H19NO3S. The number of rotatable bonds is 3. The normalized spacial score (nSPS) is 27.9. The van der Waals surface area contributed by atoms with Crippen LogP contribution < -0.4 is 5.32 Å². The van der Waals surface area contributed by atoms with Crippen LogP contribution in [0.3, 0.4) is 0 Å². The van der Waals surface area contributed by atoms with E-state index in [0.717, 1.165) is 24.2 Å². The number of carbonyl (C=O) groups is 2. The second kappa shape index (κ2) is 6.10. The number of amides is 1. The van der Waals surface area contributed by atoms with Crippen LogP contribution in [0.1, 0.15) is 37.2 Å². The highest BCUT2D eigenvalue weighted by Gasteiger charge is 2.32. The number of carboxylic acid groups (broad SMARTS) is 1. The van der Waals surface area contributed by atoms with Crippen molar-refractivity contribution in [1.82, 2.24) is 5.32 Å². The summed E-state index contributed by atoms with van der Waals surface area (Å²) in [5.41, 5.74) is 1.12. The van der Waals surface area contributed by atoms with E-state index in [1.807, 2.05) is 18.2 Å². The van der Waals surface area contributed by atoms with Crippen molar-refractivity contribution >= 4 is 23.6 Å². The standard InChI is InChI=1S/C16H19NO3S/c18-15(13-9-21-14-4-2-1-3-12(13)14)17-11-7-5-10(6-8-11)16(19)20/h1-4,10-11,13H,5-9H2,(H,17,18)(H,19,20)/t10?,11?,13-/m0/s1. The van der Waals surface area contributed by atoms with Crippen molar-refractivity contribution in [2.24, 2.45) is 5.92 Å². The first-order valence-corrected chi connectivity index (χ1v) is 8.38. The molecular weight excluding hydrogens is 286 g/mol. The lowest BCUT2D eigenvalue weighted by molar-refractivity contribution is -0.142. The minimum absolute atomic E-state index is 0.0663. The van der Waals surface area contributed by atoms with Crippen molar-refractivity contribution in [3.05, 3.63) is 29.8 Å². The molecule has 1 saturated carbocycles. The lowest BCUT2D eigenvalue weighted by atomic mass is 9.86. The molecule has 0 unspecified atom stereocenters. The van der Waals surface area contributed by atoms with Gasteiger partial charge in [-0.1, -0.05) is 18.2 Å². The van der Waals surface area contributed by atoms with E-state index < -0.39 is 5.97 Å². The second-order valence-electron chi connectivity index (χ2n) is 5.80. The minimum atomic E-state index is -0.708. The van der Waals surface area contributed by atoms with Crippen LogP contribution in [0, 0.1) is 5.92 Å². The molecule has 5 heteroatoms. The third-order valence-electron chi connectivity index (χ3n) is 4.44. The number of hydrogen-bond acceptors (Lipinski definition) is 3. The number of hydrogen-bond donors (Lipinski definition) is 2. The van der Waals surface area contributed by atoms with Crippen LogP contribution in [0.4, 0.5) is 0 Å². The van der Waals surface area contributed by atoms with Gasteiger partial charge in [0.2, 0.25) is 5.91 Å². The zero-order valence-electron chi connectivity index (χ0n) is 11.7. The van der Waals surface area contributed by atoms with Gasteiger partial charge in [0.15, 0.2) is 0 Å². The van der Waals surface area contributed by atoms with Gasteiger partial charge in [-0.05, 0) is 37.3 Å². The molecule has 3 rings (SSSR count). The molecule has 1 atom stereocenters. The zero-order chi connectivity index (χ0) is 14.8. The van der Waals surface area contributed by atoms with E-state index in [2.05, 4.69) is 11.4 Å². The number of thioether (sulfide) groups is 1. The van der Waals surface area contributed by atoms with Crippen molar-refractivity contribution in [2.45, 2.75) is 42.5 Å². The third-order valence-corrected chi connectivity index (χ3v) is 5.62. The molecule has 21 heavy (non-hydrogen) atoms. The van der Waals surface area contributed by atoms with Crippen molar-refractivity contribution in [1.29, 1.82) is 0 Å². The van der Waals surface area contributed by atoms with E-state index >= 15 is 0 Å². The molecule has 1 aliphatic heterocycles. The maximum Gasteiger partial charge on any atom is 0.306 e. The first-order valence-electron chi connectivity index (χ1n) is 7.40. The lowest BCUT2D eigenvalue weighted by Crippen LogP contribution is -2.41. The Balaban J connectivity index is 1.57. The molecule has 0 spiro atoms. The molecule has 2 aliphatic rings. The maximum atomic E-state index is 12.5. The van der Waals surface area contributed by atoms with Crippen LogP contribution >= 0.6 is 11.8 Å². The van der Waals surface area contributed by atoms with Gasteiger partial charge in [-0.2, -0.15) is 0 Å². The van der Waals surface area contributed by atoms with E-state index in [1.165, 1.54) is 4.90 Å². The van der Waals surface area contributed by atoms with Gasteiger partial charge in [0, 0.05) is 16.7 Å². The quantitative estimate of drug-likeness (QED) is 0.901. The van der Waals surface area contributed by atoms with Crippen molar-refractivity contribution < 1.29 is 14.7 Å². The van der Waals surface area contributed by atoms with Gasteiger partial charge in [-0.15, -0.1) is 11.8 Å². The molecule has 0 bridgehead atoms. The Labute approximate surface area is 128 Å². The topological polar surface area (TPSA) is 66.4 Å². The van der Waals surface area contributed by atoms with Gasteiger partial charge in [-0.3, -0.25) is 9.59 Å². The molecule has 112 valence electrons. The zero-order valence-corrected chi connectivity index (χ0v) is 12.6. The van der Waals surface area contributed by atoms with Crippen LogP contribution in [-0.2, 0) is 9.59 Å². The average Bonchev–Trinajstić information content (AvgIpc) is 2.92. The first-order chi connectivity index (χ1) is 10.1. The molecule has 0 aromatic heterocycles. The summed E-state index contributed by atoms with van der Waals surface area (Å²) in [5.74, 6) is -0.119. The van der Waals surface area contributed by atoms with Gasteiger partial charge >= 0.3 is 5.97 Å². The highest BCUT2D eigenvalue weighted by molar-refractivity contribution is 7.99. The number of aliphatic carboxylic acids is 1. The van der Waals surface area contributed by atoms with Crippen molar-refractivity contribution in [2.75, 3.05) is 5.75 Å². The predicted molar refractivity (Wildman–Crippen MR) is 81.4 cm³/mol. The highest BCUT2D eigenvalue weighted by Crippen LogP contribution is 2.39. The largest absolute Gasteiger partial charge is 0.481 e. The fraction of sp³-hybridized carbons (Fsp3) is 0.500. The van der Waals surface area contributed by atoms with E-state index in [0.29, 0.717) is 12.8 Å². The van der Waals surface area contributed by atoms with Gasteiger partial charge in [-0.25, -0.2) is 0 Å². The monoisotopic (exact) mass is 305 g/mol.